The van der Waals surface area contributed by atoms with E-state index in [9.17, 15) is 4.79 Å². The van der Waals surface area contributed by atoms with Crippen molar-refractivity contribution >= 4 is 33.7 Å². The van der Waals surface area contributed by atoms with E-state index in [-0.39, 0.29) is 5.91 Å². The van der Waals surface area contributed by atoms with Crippen LogP contribution >= 0.6 is 0 Å². The van der Waals surface area contributed by atoms with E-state index in [1.54, 1.807) is 12.4 Å². The van der Waals surface area contributed by atoms with E-state index in [0.717, 1.165) is 27.8 Å². The fourth-order valence-electron chi connectivity index (χ4n) is 3.19. The minimum atomic E-state index is -0.136. The first-order chi connectivity index (χ1) is 13.2. The third kappa shape index (κ3) is 3.37. The maximum atomic E-state index is 13.1. The number of hydrogen-bond donors (Lipinski definition) is 1. The van der Waals surface area contributed by atoms with Gasteiger partial charge in [0, 0.05) is 36.2 Å². The number of rotatable bonds is 4. The molecule has 0 fully saturated rings. The molecule has 0 saturated carbocycles. The van der Waals surface area contributed by atoms with Gasteiger partial charge in [0.2, 0.25) is 0 Å². The molecule has 4 heteroatoms. The van der Waals surface area contributed by atoms with E-state index in [0.29, 0.717) is 5.56 Å². The Morgan fingerprint density at radius 1 is 0.852 bits per heavy atom. The number of aromatic nitrogens is 1. The molecule has 0 unspecified atom stereocenters. The molecule has 3 aromatic carbocycles. The standard InChI is InChI=1S/C23H19N3O/c1-26(18-13-15-24-16-14-18)22-12-5-4-10-20(22)23(27)25-21-11-6-8-17-7-2-3-9-19(17)21/h2-16H,1H3,(H,25,27). The van der Waals surface area contributed by atoms with Crippen molar-refractivity contribution < 1.29 is 4.79 Å². The van der Waals surface area contributed by atoms with Gasteiger partial charge in [-0.3, -0.25) is 9.78 Å². The van der Waals surface area contributed by atoms with Gasteiger partial charge in [-0.15, -0.1) is 0 Å². The van der Waals surface area contributed by atoms with Crippen molar-refractivity contribution in [3.8, 4) is 0 Å². The summed E-state index contributed by atoms with van der Waals surface area (Å²) in [6, 6.07) is 25.4. The van der Waals surface area contributed by atoms with Crippen LogP contribution in [-0.2, 0) is 0 Å². The number of anilines is 3. The first-order valence-electron chi connectivity index (χ1n) is 8.76. The zero-order chi connectivity index (χ0) is 18.6. The van der Waals surface area contributed by atoms with Gasteiger partial charge in [-0.2, -0.15) is 0 Å². The van der Waals surface area contributed by atoms with Gasteiger partial charge in [0.25, 0.3) is 5.91 Å². The second-order valence-corrected chi connectivity index (χ2v) is 6.26. The van der Waals surface area contributed by atoms with Crippen LogP contribution in [0.15, 0.2) is 91.3 Å². The number of carbonyl (C=O) groups excluding carboxylic acids is 1. The summed E-state index contributed by atoms with van der Waals surface area (Å²) >= 11 is 0. The highest BCUT2D eigenvalue weighted by atomic mass is 16.1. The second kappa shape index (κ2) is 7.30. The molecule has 0 bridgehead atoms. The summed E-state index contributed by atoms with van der Waals surface area (Å²) in [5.74, 6) is -0.136. The molecule has 4 aromatic rings. The molecule has 0 atom stereocenters. The number of nitrogens with one attached hydrogen (secondary N) is 1. The lowest BCUT2D eigenvalue weighted by atomic mass is 10.1. The Bertz CT molecular complexity index is 1090. The lowest BCUT2D eigenvalue weighted by Crippen LogP contribution is -2.18. The van der Waals surface area contributed by atoms with Gasteiger partial charge in [0.1, 0.15) is 0 Å². The van der Waals surface area contributed by atoms with Crippen molar-refractivity contribution in [3.05, 3.63) is 96.8 Å². The summed E-state index contributed by atoms with van der Waals surface area (Å²) in [7, 11) is 1.94. The normalized spacial score (nSPS) is 10.6. The van der Waals surface area contributed by atoms with Crippen molar-refractivity contribution in [1.82, 2.24) is 4.98 Å². The predicted molar refractivity (Wildman–Crippen MR) is 111 cm³/mol. The van der Waals surface area contributed by atoms with Crippen molar-refractivity contribution in [2.75, 3.05) is 17.3 Å². The van der Waals surface area contributed by atoms with E-state index in [1.165, 1.54) is 0 Å². The predicted octanol–water partition coefficient (Wildman–Crippen LogP) is 5.26. The molecule has 132 valence electrons. The zero-order valence-corrected chi connectivity index (χ0v) is 15.0. The summed E-state index contributed by atoms with van der Waals surface area (Å²) in [5, 5.41) is 5.19. The van der Waals surface area contributed by atoms with Gasteiger partial charge in [0.05, 0.1) is 11.3 Å². The van der Waals surface area contributed by atoms with E-state index < -0.39 is 0 Å². The molecule has 1 aromatic heterocycles. The van der Waals surface area contributed by atoms with Crippen molar-refractivity contribution in [2.24, 2.45) is 0 Å². The van der Waals surface area contributed by atoms with E-state index in [2.05, 4.69) is 10.3 Å². The Morgan fingerprint density at radius 2 is 1.56 bits per heavy atom. The van der Waals surface area contributed by atoms with Crippen LogP contribution in [0.1, 0.15) is 10.4 Å². The molecule has 4 nitrogen and oxygen atoms in total. The molecule has 0 radical (unpaired) electrons. The molecule has 0 aliphatic carbocycles. The maximum Gasteiger partial charge on any atom is 0.257 e. The molecule has 1 heterocycles. The highest BCUT2D eigenvalue weighted by Gasteiger charge is 2.16. The van der Waals surface area contributed by atoms with Crippen LogP contribution in [0, 0.1) is 0 Å². The number of fused-ring (bicyclic) bond motifs is 1. The average molecular weight is 353 g/mol. The topological polar surface area (TPSA) is 45.2 Å². The molecule has 1 amide bonds. The third-order valence-corrected chi connectivity index (χ3v) is 4.60. The number of pyridine rings is 1. The van der Waals surface area contributed by atoms with Gasteiger partial charge in [-0.05, 0) is 35.7 Å². The molecular formula is C23H19N3O. The fourth-order valence-corrected chi connectivity index (χ4v) is 3.19. The highest BCUT2D eigenvalue weighted by molar-refractivity contribution is 6.12. The van der Waals surface area contributed by atoms with E-state index in [4.69, 9.17) is 0 Å². The van der Waals surface area contributed by atoms with Crippen LogP contribution in [0.5, 0.6) is 0 Å². The van der Waals surface area contributed by atoms with Crippen molar-refractivity contribution in [3.63, 3.8) is 0 Å². The number of amides is 1. The Labute approximate surface area is 158 Å². The molecular weight excluding hydrogens is 334 g/mol. The molecule has 0 saturated heterocycles. The monoisotopic (exact) mass is 353 g/mol. The van der Waals surface area contributed by atoms with Crippen LogP contribution < -0.4 is 10.2 Å². The minimum absolute atomic E-state index is 0.136. The number of benzene rings is 3. The number of hydrogen-bond acceptors (Lipinski definition) is 3. The Balaban J connectivity index is 1.69. The largest absolute Gasteiger partial charge is 0.344 e. The SMILES string of the molecule is CN(c1ccncc1)c1ccccc1C(=O)Nc1cccc2ccccc12. The minimum Gasteiger partial charge on any atom is -0.344 e. The number of carbonyl (C=O) groups is 1. The van der Waals surface area contributed by atoms with Crippen LogP contribution in [-0.4, -0.2) is 17.9 Å². The summed E-state index contributed by atoms with van der Waals surface area (Å²) in [5.41, 5.74) is 3.22. The lowest BCUT2D eigenvalue weighted by Gasteiger charge is -2.22. The van der Waals surface area contributed by atoms with E-state index >= 15 is 0 Å². The zero-order valence-electron chi connectivity index (χ0n) is 15.0. The molecule has 1 N–H and O–H groups in total. The smallest absolute Gasteiger partial charge is 0.257 e. The van der Waals surface area contributed by atoms with Crippen LogP contribution in [0.2, 0.25) is 0 Å². The Hall–Kier alpha value is -3.66. The van der Waals surface area contributed by atoms with E-state index in [1.807, 2.05) is 90.8 Å². The molecule has 4 rings (SSSR count). The van der Waals surface area contributed by atoms with Crippen molar-refractivity contribution in [1.29, 1.82) is 0 Å². The summed E-state index contributed by atoms with van der Waals surface area (Å²) in [6.45, 7) is 0. The third-order valence-electron chi connectivity index (χ3n) is 4.60. The maximum absolute atomic E-state index is 13.1. The number of nitrogens with zero attached hydrogens (tertiary/aromatic N) is 2. The first kappa shape index (κ1) is 16.8. The fraction of sp³-hybridized carbons (Fsp3) is 0.0435. The second-order valence-electron chi connectivity index (χ2n) is 6.26. The van der Waals surface area contributed by atoms with Crippen LogP contribution in [0.4, 0.5) is 17.1 Å². The highest BCUT2D eigenvalue weighted by Crippen LogP contribution is 2.28. The summed E-state index contributed by atoms with van der Waals surface area (Å²) in [4.78, 5) is 19.1. The van der Waals surface area contributed by atoms with Gasteiger partial charge < -0.3 is 10.2 Å². The van der Waals surface area contributed by atoms with Crippen LogP contribution in [0.3, 0.4) is 0 Å². The van der Waals surface area contributed by atoms with Gasteiger partial charge in [0.15, 0.2) is 0 Å². The van der Waals surface area contributed by atoms with Crippen LogP contribution in [0.25, 0.3) is 10.8 Å². The summed E-state index contributed by atoms with van der Waals surface area (Å²) in [6.07, 6.45) is 3.48. The van der Waals surface area contributed by atoms with Gasteiger partial charge >= 0.3 is 0 Å². The molecule has 27 heavy (non-hydrogen) atoms. The Morgan fingerprint density at radius 3 is 2.41 bits per heavy atom. The summed E-state index contributed by atoms with van der Waals surface area (Å²) < 4.78 is 0. The molecule has 0 aliphatic rings. The quantitative estimate of drug-likeness (QED) is 0.545. The Kier molecular flexibility index (Phi) is 4.54. The average Bonchev–Trinajstić information content (AvgIpc) is 2.74. The van der Waals surface area contributed by atoms with Crippen molar-refractivity contribution in [2.45, 2.75) is 0 Å². The molecule has 0 spiro atoms. The molecule has 0 aliphatic heterocycles. The lowest BCUT2D eigenvalue weighted by molar-refractivity contribution is 0.102. The van der Waals surface area contributed by atoms with Gasteiger partial charge in [-0.1, -0.05) is 48.5 Å². The number of para-hydroxylation sites is 1. The van der Waals surface area contributed by atoms with Gasteiger partial charge in [-0.25, -0.2) is 0 Å². The first-order valence-corrected chi connectivity index (χ1v) is 8.76.